The Morgan fingerprint density at radius 1 is 1.00 bits per heavy atom. The summed E-state index contributed by atoms with van der Waals surface area (Å²) in [5.41, 5.74) is 4.74. The molecular formula is C23H19N3O4. The number of rotatable bonds is 4. The number of hydrogen-bond donors (Lipinski definition) is 0. The van der Waals surface area contributed by atoms with Crippen molar-refractivity contribution < 1.29 is 14.1 Å². The Labute approximate surface area is 173 Å². The molecule has 0 spiro atoms. The Morgan fingerprint density at radius 3 is 2.40 bits per heavy atom. The molecule has 0 N–H and O–H groups in total. The number of furan rings is 1. The third-order valence-corrected chi connectivity index (χ3v) is 5.07. The summed E-state index contributed by atoms with van der Waals surface area (Å²) in [5, 5.41) is 16.6. The molecule has 2 aromatic carbocycles. The van der Waals surface area contributed by atoms with Crippen LogP contribution in [0.2, 0.25) is 0 Å². The molecule has 1 aromatic heterocycles. The molecule has 0 atom stereocenters. The van der Waals surface area contributed by atoms with Crippen molar-refractivity contribution in [3.05, 3.63) is 87.2 Å². The van der Waals surface area contributed by atoms with Crippen LogP contribution in [-0.4, -0.2) is 16.5 Å². The quantitative estimate of drug-likeness (QED) is 0.338. The van der Waals surface area contributed by atoms with Gasteiger partial charge in [-0.1, -0.05) is 6.07 Å². The summed E-state index contributed by atoms with van der Waals surface area (Å²) in [5.74, 6) is 0.843. The van der Waals surface area contributed by atoms with Crippen LogP contribution in [0.3, 0.4) is 0 Å². The summed E-state index contributed by atoms with van der Waals surface area (Å²) < 4.78 is 5.83. The first kappa shape index (κ1) is 19.3. The van der Waals surface area contributed by atoms with E-state index in [0.717, 1.165) is 16.8 Å². The smallest absolute Gasteiger partial charge is 0.280 e. The van der Waals surface area contributed by atoms with Gasteiger partial charge in [-0.3, -0.25) is 14.9 Å². The molecule has 1 aliphatic heterocycles. The summed E-state index contributed by atoms with van der Waals surface area (Å²) in [7, 11) is 0. The number of non-ortho nitro benzene ring substituents is 1. The maximum absolute atomic E-state index is 12.9. The molecule has 1 aliphatic rings. The van der Waals surface area contributed by atoms with Gasteiger partial charge in [0, 0.05) is 17.7 Å². The van der Waals surface area contributed by atoms with E-state index < -0.39 is 4.92 Å². The second-order valence-corrected chi connectivity index (χ2v) is 7.13. The highest BCUT2D eigenvalue weighted by molar-refractivity contribution is 6.32. The zero-order chi connectivity index (χ0) is 21.4. The Balaban J connectivity index is 1.59. The number of carbonyl (C=O) groups is 1. The van der Waals surface area contributed by atoms with Gasteiger partial charge in [-0.15, -0.1) is 0 Å². The molecule has 0 bridgehead atoms. The Hall–Kier alpha value is -4.00. The van der Waals surface area contributed by atoms with Crippen molar-refractivity contribution in [3.8, 4) is 11.3 Å². The molecule has 0 fully saturated rings. The van der Waals surface area contributed by atoms with E-state index in [-0.39, 0.29) is 11.6 Å². The molecule has 0 unspecified atom stereocenters. The predicted molar refractivity (Wildman–Crippen MR) is 115 cm³/mol. The summed E-state index contributed by atoms with van der Waals surface area (Å²) in [6.07, 6.45) is 1.66. The van der Waals surface area contributed by atoms with E-state index in [9.17, 15) is 14.9 Å². The minimum Gasteiger partial charge on any atom is -0.457 e. The van der Waals surface area contributed by atoms with Crippen molar-refractivity contribution in [2.24, 2.45) is 5.10 Å². The highest BCUT2D eigenvalue weighted by atomic mass is 16.6. The fourth-order valence-electron chi connectivity index (χ4n) is 3.19. The normalized spacial score (nSPS) is 15.0. The molecule has 4 rings (SSSR count). The average molecular weight is 401 g/mol. The maximum atomic E-state index is 12.9. The molecule has 0 aliphatic carbocycles. The molecule has 2 heterocycles. The molecule has 0 saturated heterocycles. The van der Waals surface area contributed by atoms with Crippen LogP contribution < -0.4 is 5.01 Å². The van der Waals surface area contributed by atoms with Crippen molar-refractivity contribution in [2.75, 3.05) is 5.01 Å². The topological polar surface area (TPSA) is 89.0 Å². The van der Waals surface area contributed by atoms with Gasteiger partial charge >= 0.3 is 0 Å². The maximum Gasteiger partial charge on any atom is 0.280 e. The van der Waals surface area contributed by atoms with Gasteiger partial charge in [-0.05, 0) is 74.4 Å². The van der Waals surface area contributed by atoms with Crippen LogP contribution >= 0.6 is 0 Å². The van der Waals surface area contributed by atoms with Crippen LogP contribution in [0.4, 0.5) is 11.4 Å². The van der Waals surface area contributed by atoms with E-state index in [2.05, 4.69) is 5.10 Å². The van der Waals surface area contributed by atoms with Gasteiger partial charge in [0.2, 0.25) is 0 Å². The van der Waals surface area contributed by atoms with Crippen LogP contribution in [0.1, 0.15) is 23.8 Å². The lowest BCUT2D eigenvalue weighted by molar-refractivity contribution is -0.384. The highest BCUT2D eigenvalue weighted by Crippen LogP contribution is 2.29. The minimum atomic E-state index is -0.448. The number of anilines is 1. The number of nitro benzene ring substituents is 1. The van der Waals surface area contributed by atoms with Crippen molar-refractivity contribution in [1.82, 2.24) is 0 Å². The summed E-state index contributed by atoms with van der Waals surface area (Å²) >= 11 is 0. The first-order valence-electron chi connectivity index (χ1n) is 9.37. The fourth-order valence-corrected chi connectivity index (χ4v) is 3.19. The number of hydrogen-bond acceptors (Lipinski definition) is 5. The predicted octanol–water partition coefficient (Wildman–Crippen LogP) is 5.28. The van der Waals surface area contributed by atoms with Crippen LogP contribution in [0.25, 0.3) is 17.4 Å². The minimum absolute atomic E-state index is 0.0162. The van der Waals surface area contributed by atoms with Crippen LogP contribution in [0.5, 0.6) is 0 Å². The standard InChI is InChI=1S/C23H19N3O4/c1-14-4-7-19(12-15(14)2)25-23(27)21(16(3)24-25)13-20-10-11-22(30-20)17-5-8-18(9-6-17)26(28)29/h4-13H,1-3H3. The fraction of sp³-hybridized carbons (Fsp3) is 0.130. The first-order valence-corrected chi connectivity index (χ1v) is 9.37. The van der Waals surface area contributed by atoms with Gasteiger partial charge in [-0.25, -0.2) is 0 Å². The number of nitrogens with zero attached hydrogens (tertiary/aromatic N) is 3. The number of aryl methyl sites for hydroxylation is 2. The molecule has 7 nitrogen and oxygen atoms in total. The van der Waals surface area contributed by atoms with E-state index in [1.54, 1.807) is 37.3 Å². The lowest BCUT2D eigenvalue weighted by atomic mass is 10.1. The van der Waals surface area contributed by atoms with Crippen LogP contribution in [0, 0.1) is 24.0 Å². The number of hydrazone groups is 1. The van der Waals surface area contributed by atoms with Gasteiger partial charge in [-0.2, -0.15) is 10.1 Å². The van der Waals surface area contributed by atoms with Crippen molar-refractivity contribution >= 4 is 29.1 Å². The van der Waals surface area contributed by atoms with E-state index in [4.69, 9.17) is 4.42 Å². The number of nitro groups is 1. The molecule has 0 radical (unpaired) electrons. The number of carbonyl (C=O) groups excluding carboxylic acids is 1. The van der Waals surface area contributed by atoms with Gasteiger partial charge in [0.1, 0.15) is 11.5 Å². The van der Waals surface area contributed by atoms with Gasteiger partial charge in [0.25, 0.3) is 11.6 Å². The molecule has 150 valence electrons. The zero-order valence-corrected chi connectivity index (χ0v) is 16.7. The third kappa shape index (κ3) is 3.53. The third-order valence-electron chi connectivity index (χ3n) is 5.07. The lowest BCUT2D eigenvalue weighted by Gasteiger charge is -2.13. The molecule has 3 aromatic rings. The van der Waals surface area contributed by atoms with E-state index in [0.29, 0.717) is 28.4 Å². The highest BCUT2D eigenvalue weighted by Gasteiger charge is 2.29. The van der Waals surface area contributed by atoms with Crippen molar-refractivity contribution in [3.63, 3.8) is 0 Å². The Kier molecular flexibility index (Phi) is 4.79. The molecule has 1 amide bonds. The van der Waals surface area contributed by atoms with Crippen LogP contribution in [0.15, 0.2) is 69.7 Å². The van der Waals surface area contributed by atoms with Crippen molar-refractivity contribution in [2.45, 2.75) is 20.8 Å². The lowest BCUT2D eigenvalue weighted by Crippen LogP contribution is -2.21. The van der Waals surface area contributed by atoms with Crippen molar-refractivity contribution in [1.29, 1.82) is 0 Å². The second-order valence-electron chi connectivity index (χ2n) is 7.13. The molecule has 0 saturated carbocycles. The van der Waals surface area contributed by atoms with Gasteiger partial charge in [0.15, 0.2) is 0 Å². The Morgan fingerprint density at radius 2 is 1.73 bits per heavy atom. The summed E-state index contributed by atoms with van der Waals surface area (Å²) in [6.45, 7) is 5.80. The van der Waals surface area contributed by atoms with E-state index in [1.165, 1.54) is 17.1 Å². The zero-order valence-electron chi connectivity index (χ0n) is 16.7. The monoisotopic (exact) mass is 401 g/mol. The van der Waals surface area contributed by atoms with Gasteiger partial charge < -0.3 is 4.42 Å². The van der Waals surface area contributed by atoms with Gasteiger partial charge in [0.05, 0.1) is 21.9 Å². The van der Waals surface area contributed by atoms with E-state index >= 15 is 0 Å². The number of amides is 1. The SMILES string of the molecule is CC1=NN(c2ccc(C)c(C)c2)C(=O)C1=Cc1ccc(-c2ccc([N+](=O)[O-])cc2)o1. The summed E-state index contributed by atoms with van der Waals surface area (Å²) in [6, 6.07) is 15.4. The van der Waals surface area contributed by atoms with Crippen LogP contribution in [-0.2, 0) is 4.79 Å². The Bertz CT molecular complexity index is 1220. The molecular weight excluding hydrogens is 382 g/mol. The first-order chi connectivity index (χ1) is 14.3. The second kappa shape index (κ2) is 7.44. The summed E-state index contributed by atoms with van der Waals surface area (Å²) in [4.78, 5) is 23.3. The van der Waals surface area contributed by atoms with E-state index in [1.807, 2.05) is 32.0 Å². The molecule has 30 heavy (non-hydrogen) atoms. The largest absolute Gasteiger partial charge is 0.457 e. The average Bonchev–Trinajstić information content (AvgIpc) is 3.30. The molecule has 7 heteroatoms. The number of benzene rings is 2.